The minimum atomic E-state index is -0.0964. The van der Waals surface area contributed by atoms with Crippen molar-refractivity contribution in [1.29, 1.82) is 0 Å². The van der Waals surface area contributed by atoms with Gasteiger partial charge in [0.25, 0.3) is 0 Å². The maximum Gasteiger partial charge on any atom is 0.197 e. The summed E-state index contributed by atoms with van der Waals surface area (Å²) in [5.41, 5.74) is 2.54. The number of likely N-dealkylation sites (N-methyl/N-ethyl adjacent to an activating group) is 2. The van der Waals surface area contributed by atoms with Crippen LogP contribution < -0.4 is 0 Å². The number of aliphatic imine (C=N–C) groups is 1. The minimum Gasteiger partial charge on any atom is -0.394 e. The van der Waals surface area contributed by atoms with Gasteiger partial charge < -0.3 is 14.9 Å². The number of aliphatic hydroxyl groups is 1. The van der Waals surface area contributed by atoms with Crippen molar-refractivity contribution in [2.24, 2.45) is 10.9 Å². The molecule has 1 saturated heterocycles. The summed E-state index contributed by atoms with van der Waals surface area (Å²) < 4.78 is 0. The van der Waals surface area contributed by atoms with Gasteiger partial charge in [-0.3, -0.25) is 0 Å². The monoisotopic (exact) mass is 351 g/mol. The van der Waals surface area contributed by atoms with Gasteiger partial charge in [0.1, 0.15) is 0 Å². The normalized spacial score (nSPS) is 21.4. The Hall–Kier alpha value is -2.33. The summed E-state index contributed by atoms with van der Waals surface area (Å²) in [6, 6.07) is 21.4. The minimum absolute atomic E-state index is 0.0643. The molecular weight excluding hydrogens is 322 g/mol. The Morgan fingerprint density at radius 1 is 0.846 bits per heavy atom. The van der Waals surface area contributed by atoms with E-state index in [4.69, 9.17) is 4.99 Å². The molecule has 0 unspecified atom stereocenters. The van der Waals surface area contributed by atoms with Crippen molar-refractivity contribution in [3.63, 3.8) is 0 Å². The molecule has 3 atom stereocenters. The molecule has 1 fully saturated rings. The number of hydrogen-bond acceptors (Lipinski definition) is 2. The Morgan fingerprint density at radius 3 is 1.62 bits per heavy atom. The first kappa shape index (κ1) is 18.5. The molecule has 4 nitrogen and oxygen atoms in total. The average molecular weight is 351 g/mol. The summed E-state index contributed by atoms with van der Waals surface area (Å²) in [4.78, 5) is 9.42. The Morgan fingerprint density at radius 2 is 1.27 bits per heavy atom. The van der Waals surface area contributed by atoms with Crippen molar-refractivity contribution in [3.05, 3.63) is 71.8 Å². The summed E-state index contributed by atoms with van der Waals surface area (Å²) in [5, 5.41) is 9.75. The summed E-state index contributed by atoms with van der Waals surface area (Å²) >= 11 is 0. The van der Waals surface area contributed by atoms with Crippen LogP contribution in [0.2, 0.25) is 0 Å². The number of benzene rings is 2. The highest BCUT2D eigenvalue weighted by Gasteiger charge is 2.42. The van der Waals surface area contributed by atoms with Crippen LogP contribution in [0.4, 0.5) is 0 Å². The van der Waals surface area contributed by atoms with Crippen molar-refractivity contribution in [2.75, 3.05) is 20.7 Å². The number of rotatable bonds is 5. The highest BCUT2D eigenvalue weighted by molar-refractivity contribution is 5.83. The zero-order valence-corrected chi connectivity index (χ0v) is 16.1. The molecule has 0 aliphatic carbocycles. The van der Waals surface area contributed by atoms with E-state index >= 15 is 0 Å². The van der Waals surface area contributed by atoms with E-state index in [2.05, 4.69) is 98.4 Å². The summed E-state index contributed by atoms with van der Waals surface area (Å²) in [6.07, 6.45) is 0. The fourth-order valence-corrected chi connectivity index (χ4v) is 3.76. The Labute approximate surface area is 156 Å². The van der Waals surface area contributed by atoms with E-state index in [9.17, 15) is 5.11 Å². The summed E-state index contributed by atoms with van der Waals surface area (Å²) in [7, 11) is 4.20. The molecule has 0 saturated carbocycles. The van der Waals surface area contributed by atoms with Gasteiger partial charge in [-0.2, -0.15) is 0 Å². The van der Waals surface area contributed by atoms with E-state index in [1.165, 1.54) is 11.1 Å². The average Bonchev–Trinajstić information content (AvgIpc) is 2.91. The van der Waals surface area contributed by atoms with Gasteiger partial charge in [-0.05, 0) is 17.0 Å². The SMILES string of the molecule is CC(C)[C@@H](CO)N=C1N(C)[C@@H](c2ccccc2)[C@H](c2ccccc2)N1C. The highest BCUT2D eigenvalue weighted by Crippen LogP contribution is 2.43. The molecule has 0 aromatic heterocycles. The van der Waals surface area contributed by atoms with E-state index in [0.717, 1.165) is 5.96 Å². The van der Waals surface area contributed by atoms with Crippen LogP contribution in [0.3, 0.4) is 0 Å². The molecule has 0 amide bonds. The van der Waals surface area contributed by atoms with Crippen molar-refractivity contribution in [2.45, 2.75) is 32.0 Å². The number of nitrogens with zero attached hydrogens (tertiary/aromatic N) is 3. The lowest BCUT2D eigenvalue weighted by atomic mass is 9.93. The smallest absolute Gasteiger partial charge is 0.197 e. The third-order valence-corrected chi connectivity index (χ3v) is 5.28. The van der Waals surface area contributed by atoms with Crippen LogP contribution >= 0.6 is 0 Å². The Bertz CT molecular complexity index is 676. The topological polar surface area (TPSA) is 39.1 Å². The van der Waals surface area contributed by atoms with E-state index in [1.54, 1.807) is 0 Å². The van der Waals surface area contributed by atoms with Crippen LogP contribution in [0, 0.1) is 5.92 Å². The van der Waals surface area contributed by atoms with Crippen LogP contribution in [-0.4, -0.2) is 47.6 Å². The van der Waals surface area contributed by atoms with E-state index in [-0.39, 0.29) is 24.7 Å². The molecule has 0 bridgehead atoms. The zero-order valence-electron chi connectivity index (χ0n) is 16.1. The van der Waals surface area contributed by atoms with E-state index in [1.807, 2.05) is 0 Å². The first-order valence-electron chi connectivity index (χ1n) is 9.28. The first-order chi connectivity index (χ1) is 12.5. The number of guanidine groups is 1. The number of aliphatic hydroxyl groups excluding tert-OH is 1. The van der Waals surface area contributed by atoms with Gasteiger partial charge in [0.15, 0.2) is 5.96 Å². The number of hydrogen-bond donors (Lipinski definition) is 1. The standard InChI is InChI=1S/C22H29N3O/c1-16(2)19(15-26)23-22-24(3)20(17-11-7-5-8-12-17)21(25(22)4)18-13-9-6-10-14-18/h5-14,16,19-21,26H,15H2,1-4H3/t19-,20+,21+/m1/s1. The van der Waals surface area contributed by atoms with Gasteiger partial charge in [0, 0.05) is 14.1 Å². The van der Waals surface area contributed by atoms with Gasteiger partial charge in [0.2, 0.25) is 0 Å². The first-order valence-corrected chi connectivity index (χ1v) is 9.28. The lowest BCUT2D eigenvalue weighted by molar-refractivity contribution is 0.237. The predicted molar refractivity (Wildman–Crippen MR) is 107 cm³/mol. The molecule has 2 aromatic carbocycles. The van der Waals surface area contributed by atoms with Gasteiger partial charge in [-0.1, -0.05) is 74.5 Å². The van der Waals surface area contributed by atoms with E-state index in [0.29, 0.717) is 5.92 Å². The largest absolute Gasteiger partial charge is 0.394 e. The fraction of sp³-hybridized carbons (Fsp3) is 0.409. The molecule has 2 aromatic rings. The lowest BCUT2D eigenvalue weighted by Crippen LogP contribution is -2.33. The lowest BCUT2D eigenvalue weighted by Gasteiger charge is -2.26. The van der Waals surface area contributed by atoms with Crippen molar-refractivity contribution in [1.82, 2.24) is 9.80 Å². The van der Waals surface area contributed by atoms with Gasteiger partial charge >= 0.3 is 0 Å². The van der Waals surface area contributed by atoms with Crippen molar-refractivity contribution >= 4 is 5.96 Å². The molecule has 1 N–H and O–H groups in total. The second-order valence-electron chi connectivity index (χ2n) is 7.36. The second-order valence-corrected chi connectivity index (χ2v) is 7.36. The zero-order chi connectivity index (χ0) is 18.7. The molecule has 26 heavy (non-hydrogen) atoms. The van der Waals surface area contributed by atoms with Crippen LogP contribution in [0.25, 0.3) is 0 Å². The van der Waals surface area contributed by atoms with Crippen LogP contribution in [0.5, 0.6) is 0 Å². The van der Waals surface area contributed by atoms with Crippen molar-refractivity contribution < 1.29 is 5.11 Å². The predicted octanol–water partition coefficient (Wildman–Crippen LogP) is 3.72. The van der Waals surface area contributed by atoms with Crippen LogP contribution in [0.1, 0.15) is 37.1 Å². The fourth-order valence-electron chi connectivity index (χ4n) is 3.76. The Balaban J connectivity index is 2.07. The van der Waals surface area contributed by atoms with Crippen LogP contribution in [-0.2, 0) is 0 Å². The summed E-state index contributed by atoms with van der Waals surface area (Å²) in [5.74, 6) is 1.22. The molecule has 138 valence electrons. The second kappa shape index (κ2) is 7.92. The molecule has 0 spiro atoms. The Kier molecular flexibility index (Phi) is 5.62. The maximum absolute atomic E-state index is 9.75. The molecule has 3 rings (SSSR count). The van der Waals surface area contributed by atoms with Gasteiger partial charge in [0.05, 0.1) is 24.7 Å². The van der Waals surface area contributed by atoms with Crippen molar-refractivity contribution in [3.8, 4) is 0 Å². The third-order valence-electron chi connectivity index (χ3n) is 5.28. The van der Waals surface area contributed by atoms with Gasteiger partial charge in [-0.25, -0.2) is 4.99 Å². The quantitative estimate of drug-likeness (QED) is 0.892. The van der Waals surface area contributed by atoms with Crippen LogP contribution in [0.15, 0.2) is 65.7 Å². The molecule has 1 aliphatic heterocycles. The molecule has 1 heterocycles. The van der Waals surface area contributed by atoms with Gasteiger partial charge in [-0.15, -0.1) is 0 Å². The maximum atomic E-state index is 9.75. The highest BCUT2D eigenvalue weighted by atomic mass is 16.3. The molecule has 4 heteroatoms. The molecule has 1 aliphatic rings. The summed E-state index contributed by atoms with van der Waals surface area (Å²) in [6.45, 7) is 4.27. The third kappa shape index (κ3) is 3.47. The molecule has 0 radical (unpaired) electrons. The van der Waals surface area contributed by atoms with E-state index < -0.39 is 0 Å². The molecular formula is C22H29N3O.